The SMILES string of the molecule is Cc1nnc2n1-c1sc3c(c1C(c1ccccc1Cl)=NC21CC1)C[C@H](C(=O)NC1CCC(C)(C)OC1)C3. The Kier molecular flexibility index (Phi) is 5.24. The van der Waals surface area contributed by atoms with Gasteiger partial charge >= 0.3 is 0 Å². The number of amides is 1. The van der Waals surface area contributed by atoms with Gasteiger partial charge < -0.3 is 10.1 Å². The van der Waals surface area contributed by atoms with E-state index < -0.39 is 0 Å². The smallest absolute Gasteiger partial charge is 0.224 e. The Morgan fingerprint density at radius 3 is 2.73 bits per heavy atom. The van der Waals surface area contributed by atoms with Crippen molar-refractivity contribution in [2.45, 2.75) is 76.5 Å². The van der Waals surface area contributed by atoms with Crippen LogP contribution in [0, 0.1) is 12.8 Å². The first kappa shape index (κ1) is 23.6. The summed E-state index contributed by atoms with van der Waals surface area (Å²) in [5.41, 5.74) is 3.71. The molecular weight excluding hydrogens is 506 g/mol. The normalized spacial score (nSPS) is 24.6. The quantitative estimate of drug-likeness (QED) is 0.516. The van der Waals surface area contributed by atoms with E-state index in [1.54, 1.807) is 11.3 Å². The van der Waals surface area contributed by atoms with E-state index in [1.165, 1.54) is 10.4 Å². The number of thiophene rings is 1. The van der Waals surface area contributed by atoms with E-state index in [4.69, 9.17) is 21.3 Å². The van der Waals surface area contributed by atoms with Gasteiger partial charge in [0.25, 0.3) is 0 Å². The molecule has 7 nitrogen and oxygen atoms in total. The second-order valence-electron chi connectivity index (χ2n) is 11.5. The number of aromatic nitrogens is 3. The van der Waals surface area contributed by atoms with Crippen LogP contribution in [-0.4, -0.2) is 44.6 Å². The lowest BCUT2D eigenvalue weighted by Gasteiger charge is -2.35. The maximum Gasteiger partial charge on any atom is 0.224 e. The van der Waals surface area contributed by atoms with Gasteiger partial charge in [-0.1, -0.05) is 29.8 Å². The summed E-state index contributed by atoms with van der Waals surface area (Å²) < 4.78 is 8.16. The lowest BCUT2D eigenvalue weighted by atomic mass is 9.94. The number of aliphatic imine (C=N–C) groups is 1. The van der Waals surface area contributed by atoms with Crippen molar-refractivity contribution in [1.29, 1.82) is 0 Å². The molecule has 1 saturated heterocycles. The molecule has 1 saturated carbocycles. The number of carbonyl (C=O) groups is 1. The number of nitrogens with zero attached hydrogens (tertiary/aromatic N) is 4. The van der Waals surface area contributed by atoms with Crippen LogP contribution >= 0.6 is 22.9 Å². The van der Waals surface area contributed by atoms with Crippen LogP contribution in [0.25, 0.3) is 5.00 Å². The van der Waals surface area contributed by atoms with E-state index in [9.17, 15) is 4.79 Å². The Bertz CT molecular complexity index is 1460. The molecule has 1 amide bonds. The number of hydrogen-bond acceptors (Lipinski definition) is 6. The molecule has 192 valence electrons. The number of ether oxygens (including phenoxy) is 1. The molecular formula is C28H30ClN5O2S. The number of hydrogen-bond donors (Lipinski definition) is 1. The molecule has 2 atom stereocenters. The summed E-state index contributed by atoms with van der Waals surface area (Å²) in [4.78, 5) is 20.0. The molecule has 7 rings (SSSR count). The molecule has 1 N–H and O–H groups in total. The van der Waals surface area contributed by atoms with Gasteiger partial charge in [0, 0.05) is 26.9 Å². The van der Waals surface area contributed by atoms with Crippen molar-refractivity contribution in [2.24, 2.45) is 10.9 Å². The van der Waals surface area contributed by atoms with Crippen molar-refractivity contribution >= 4 is 34.6 Å². The van der Waals surface area contributed by atoms with Crippen LogP contribution in [0.15, 0.2) is 29.3 Å². The lowest BCUT2D eigenvalue weighted by Crippen LogP contribution is -2.47. The van der Waals surface area contributed by atoms with E-state index in [0.717, 1.165) is 65.6 Å². The lowest BCUT2D eigenvalue weighted by molar-refractivity contribution is -0.128. The fourth-order valence-electron chi connectivity index (χ4n) is 5.97. The van der Waals surface area contributed by atoms with Crippen molar-refractivity contribution in [2.75, 3.05) is 6.61 Å². The molecule has 4 heterocycles. The topological polar surface area (TPSA) is 81.4 Å². The molecule has 2 aromatic heterocycles. The molecule has 3 aromatic rings. The van der Waals surface area contributed by atoms with Crippen LogP contribution in [-0.2, 0) is 27.9 Å². The third kappa shape index (κ3) is 3.79. The molecule has 37 heavy (non-hydrogen) atoms. The van der Waals surface area contributed by atoms with Gasteiger partial charge in [-0.05, 0) is 70.9 Å². The van der Waals surface area contributed by atoms with Gasteiger partial charge in [0.05, 0.1) is 24.0 Å². The van der Waals surface area contributed by atoms with Gasteiger partial charge in [0.2, 0.25) is 5.91 Å². The Morgan fingerprint density at radius 2 is 2.00 bits per heavy atom. The number of fused-ring (bicyclic) bond motifs is 6. The van der Waals surface area contributed by atoms with Gasteiger partial charge in [-0.2, -0.15) is 0 Å². The highest BCUT2D eigenvalue weighted by molar-refractivity contribution is 7.15. The summed E-state index contributed by atoms with van der Waals surface area (Å²) in [7, 11) is 0. The number of aryl methyl sites for hydroxylation is 1. The minimum absolute atomic E-state index is 0.0773. The zero-order chi connectivity index (χ0) is 25.5. The van der Waals surface area contributed by atoms with E-state index in [-0.39, 0.29) is 29.0 Å². The Labute approximate surface area is 225 Å². The largest absolute Gasteiger partial charge is 0.373 e. The van der Waals surface area contributed by atoms with Crippen molar-refractivity contribution < 1.29 is 9.53 Å². The Balaban J connectivity index is 1.26. The van der Waals surface area contributed by atoms with Gasteiger partial charge in [-0.3, -0.25) is 14.4 Å². The fraction of sp³-hybridized carbons (Fsp3) is 0.500. The first-order chi connectivity index (χ1) is 17.7. The second kappa shape index (κ2) is 8.22. The van der Waals surface area contributed by atoms with Crippen molar-refractivity contribution in [1.82, 2.24) is 20.1 Å². The van der Waals surface area contributed by atoms with Crippen molar-refractivity contribution in [3.05, 3.63) is 62.5 Å². The first-order valence-electron chi connectivity index (χ1n) is 13.1. The zero-order valence-electron chi connectivity index (χ0n) is 21.3. The monoisotopic (exact) mass is 535 g/mol. The highest BCUT2D eigenvalue weighted by Gasteiger charge is 2.52. The average Bonchev–Trinajstić information content (AvgIpc) is 3.20. The van der Waals surface area contributed by atoms with Crippen LogP contribution in [0.2, 0.25) is 5.02 Å². The molecule has 2 fully saturated rings. The van der Waals surface area contributed by atoms with E-state index in [0.29, 0.717) is 18.1 Å². The molecule has 2 aliphatic carbocycles. The summed E-state index contributed by atoms with van der Waals surface area (Å²) in [5.74, 6) is 1.82. The zero-order valence-corrected chi connectivity index (χ0v) is 22.9. The highest BCUT2D eigenvalue weighted by Crippen LogP contribution is 2.54. The summed E-state index contributed by atoms with van der Waals surface area (Å²) in [6.45, 7) is 6.80. The van der Waals surface area contributed by atoms with E-state index >= 15 is 0 Å². The molecule has 2 aliphatic heterocycles. The fourth-order valence-corrected chi connectivity index (χ4v) is 7.66. The summed E-state index contributed by atoms with van der Waals surface area (Å²) >= 11 is 8.50. The van der Waals surface area contributed by atoms with Gasteiger partial charge in [-0.15, -0.1) is 21.5 Å². The summed E-state index contributed by atoms with van der Waals surface area (Å²) in [6.07, 6.45) is 5.21. The standard InChI is InChI=1S/C28H30ClN5O2S/c1-15-32-33-26-28(10-11-28)31-23(18-6-4-5-7-20(18)29)22-19-12-16(13-21(19)37-25(22)34(15)26)24(35)30-17-8-9-27(2,3)36-14-17/h4-7,16-17H,8-14H2,1-3H3,(H,30,35)/t16-,17?/m0/s1. The molecule has 4 aliphatic rings. The number of carbonyl (C=O) groups excluding carboxylic acids is 1. The second-order valence-corrected chi connectivity index (χ2v) is 13.0. The minimum Gasteiger partial charge on any atom is -0.373 e. The molecule has 9 heteroatoms. The molecule has 0 radical (unpaired) electrons. The Morgan fingerprint density at radius 1 is 1.19 bits per heavy atom. The Hall–Kier alpha value is -2.55. The van der Waals surface area contributed by atoms with Gasteiger partial charge in [0.15, 0.2) is 5.82 Å². The predicted octanol–water partition coefficient (Wildman–Crippen LogP) is 4.92. The molecule has 1 spiro atoms. The third-order valence-electron chi connectivity index (χ3n) is 8.30. The molecule has 0 bridgehead atoms. The van der Waals surface area contributed by atoms with E-state index in [1.807, 2.05) is 31.2 Å². The van der Waals surface area contributed by atoms with Crippen LogP contribution < -0.4 is 5.32 Å². The molecule has 1 unspecified atom stereocenters. The molecule has 1 aromatic carbocycles. The summed E-state index contributed by atoms with van der Waals surface area (Å²) in [6, 6.07) is 8.01. The van der Waals surface area contributed by atoms with Crippen molar-refractivity contribution in [3.63, 3.8) is 0 Å². The predicted molar refractivity (Wildman–Crippen MR) is 144 cm³/mol. The highest BCUT2D eigenvalue weighted by atomic mass is 35.5. The third-order valence-corrected chi connectivity index (χ3v) is 9.87. The van der Waals surface area contributed by atoms with Crippen molar-refractivity contribution in [3.8, 4) is 5.00 Å². The number of nitrogens with one attached hydrogen (secondary N) is 1. The first-order valence-corrected chi connectivity index (χ1v) is 14.3. The van der Waals surface area contributed by atoms with E-state index in [2.05, 4.69) is 33.9 Å². The van der Waals surface area contributed by atoms with Crippen LogP contribution in [0.1, 0.15) is 72.7 Å². The van der Waals surface area contributed by atoms with Gasteiger partial charge in [0.1, 0.15) is 16.4 Å². The van der Waals surface area contributed by atoms with Crippen LogP contribution in [0.3, 0.4) is 0 Å². The maximum absolute atomic E-state index is 13.4. The number of benzene rings is 1. The minimum atomic E-state index is -0.356. The number of rotatable bonds is 3. The van der Waals surface area contributed by atoms with Crippen LogP contribution in [0.5, 0.6) is 0 Å². The summed E-state index contributed by atoms with van der Waals surface area (Å²) in [5, 5.41) is 14.1. The van der Waals surface area contributed by atoms with Crippen LogP contribution in [0.4, 0.5) is 0 Å². The number of halogens is 1. The maximum atomic E-state index is 13.4. The average molecular weight is 536 g/mol. The van der Waals surface area contributed by atoms with Gasteiger partial charge in [-0.25, -0.2) is 0 Å².